The van der Waals surface area contributed by atoms with Gasteiger partial charge in [0.05, 0.1) is 11.6 Å². The molecule has 3 heteroatoms. The van der Waals surface area contributed by atoms with Crippen LogP contribution in [-0.2, 0) is 6.42 Å². The molecule has 0 atom stereocenters. The molecule has 0 saturated carbocycles. The predicted molar refractivity (Wildman–Crippen MR) is 85.2 cm³/mol. The minimum absolute atomic E-state index is 0.131. The van der Waals surface area contributed by atoms with Crippen LogP contribution in [-0.4, -0.2) is 0 Å². The fourth-order valence-corrected chi connectivity index (χ4v) is 2.14. The van der Waals surface area contributed by atoms with Crippen molar-refractivity contribution in [1.82, 2.24) is 0 Å². The summed E-state index contributed by atoms with van der Waals surface area (Å²) in [6.07, 6.45) is 3.13. The van der Waals surface area contributed by atoms with E-state index in [1.165, 1.54) is 24.3 Å². The van der Waals surface area contributed by atoms with E-state index >= 15 is 0 Å². The van der Waals surface area contributed by atoms with Crippen LogP contribution in [0.5, 0.6) is 0 Å². The molecule has 0 N–H and O–H groups in total. The van der Waals surface area contributed by atoms with Gasteiger partial charge in [-0.2, -0.15) is 5.26 Å². The van der Waals surface area contributed by atoms with Crippen LogP contribution >= 0.6 is 0 Å². The van der Waals surface area contributed by atoms with E-state index < -0.39 is 11.7 Å². The Hall–Kier alpha value is -2.47. The maximum absolute atomic E-state index is 14.2. The van der Waals surface area contributed by atoms with Crippen LogP contribution in [0.4, 0.5) is 8.78 Å². The Morgan fingerprint density at radius 2 is 1.41 bits per heavy atom. The zero-order valence-electron chi connectivity index (χ0n) is 12.4. The minimum Gasteiger partial charge on any atom is -0.203 e. The molecule has 0 spiro atoms. The van der Waals surface area contributed by atoms with E-state index in [1.807, 2.05) is 18.2 Å². The van der Waals surface area contributed by atoms with Crippen molar-refractivity contribution in [2.45, 2.75) is 26.2 Å². The summed E-state index contributed by atoms with van der Waals surface area (Å²) in [7, 11) is 0. The summed E-state index contributed by atoms with van der Waals surface area (Å²) >= 11 is 0. The average molecular weight is 297 g/mol. The number of halogens is 2. The second-order valence-corrected chi connectivity index (χ2v) is 5.12. The van der Waals surface area contributed by atoms with Crippen LogP contribution < -0.4 is 0 Å². The summed E-state index contributed by atoms with van der Waals surface area (Å²) < 4.78 is 28.4. The third-order valence-corrected chi connectivity index (χ3v) is 3.49. The largest absolute Gasteiger partial charge is 0.203 e. The van der Waals surface area contributed by atoms with Crippen molar-refractivity contribution in [3.05, 3.63) is 70.8 Å². The Morgan fingerprint density at radius 1 is 0.909 bits per heavy atom. The highest BCUT2D eigenvalue weighted by Crippen LogP contribution is 2.29. The molecule has 2 aromatic carbocycles. The van der Waals surface area contributed by atoms with Crippen LogP contribution in [0, 0.1) is 11.3 Å². The Kier molecular flexibility index (Phi) is 5.43. The van der Waals surface area contributed by atoms with Crippen molar-refractivity contribution < 1.29 is 8.78 Å². The van der Waals surface area contributed by atoms with Gasteiger partial charge in [0.2, 0.25) is 0 Å². The molecule has 2 aromatic rings. The van der Waals surface area contributed by atoms with Crippen molar-refractivity contribution >= 4 is 11.7 Å². The molecular weight excluding hydrogens is 280 g/mol. The Balaban J connectivity index is 2.23. The maximum atomic E-state index is 14.2. The van der Waals surface area contributed by atoms with Crippen LogP contribution in [0.2, 0.25) is 0 Å². The van der Waals surface area contributed by atoms with Crippen LogP contribution in [0.1, 0.15) is 42.0 Å². The second-order valence-electron chi connectivity index (χ2n) is 5.12. The predicted octanol–water partition coefficient (Wildman–Crippen LogP) is 5.67. The van der Waals surface area contributed by atoms with E-state index in [2.05, 4.69) is 6.92 Å². The standard InChI is InChI=1S/C19H17F2N/c1-2-3-4-14-5-9-16(10-6-14)18(20)19(21)17-11-7-15(13-22)8-12-17/h5-12H,2-4H2,1H3. The molecule has 0 radical (unpaired) electrons. The van der Waals surface area contributed by atoms with Crippen molar-refractivity contribution in [3.8, 4) is 6.07 Å². The first-order valence-corrected chi connectivity index (χ1v) is 7.30. The van der Waals surface area contributed by atoms with E-state index in [9.17, 15) is 8.78 Å². The Bertz CT molecular complexity index is 692. The van der Waals surface area contributed by atoms with Crippen LogP contribution in [0.25, 0.3) is 11.7 Å². The van der Waals surface area contributed by atoms with Crippen molar-refractivity contribution in [1.29, 1.82) is 5.26 Å². The molecule has 0 aliphatic heterocycles. The van der Waals surface area contributed by atoms with Crippen molar-refractivity contribution in [3.63, 3.8) is 0 Å². The smallest absolute Gasteiger partial charge is 0.166 e. The summed E-state index contributed by atoms with van der Waals surface area (Å²) in [6.45, 7) is 2.11. The fourth-order valence-electron chi connectivity index (χ4n) is 2.14. The molecule has 0 amide bonds. The maximum Gasteiger partial charge on any atom is 0.166 e. The molecule has 0 fully saturated rings. The highest BCUT2D eigenvalue weighted by Gasteiger charge is 2.11. The SMILES string of the molecule is CCCCc1ccc(C(F)=C(F)c2ccc(C#N)cc2)cc1. The number of nitriles is 1. The first kappa shape index (κ1) is 15.9. The highest BCUT2D eigenvalue weighted by molar-refractivity contribution is 5.83. The number of rotatable bonds is 5. The van der Waals surface area contributed by atoms with E-state index in [0.29, 0.717) is 5.56 Å². The summed E-state index contributed by atoms with van der Waals surface area (Å²) in [4.78, 5) is 0. The van der Waals surface area contributed by atoms with Gasteiger partial charge in [0.1, 0.15) is 0 Å². The lowest BCUT2D eigenvalue weighted by Gasteiger charge is -2.04. The van der Waals surface area contributed by atoms with Gasteiger partial charge in [0.15, 0.2) is 11.7 Å². The topological polar surface area (TPSA) is 23.8 Å². The molecule has 0 heterocycles. The summed E-state index contributed by atoms with van der Waals surface area (Å²) in [5.41, 5.74) is 1.89. The summed E-state index contributed by atoms with van der Waals surface area (Å²) in [5, 5.41) is 8.71. The normalized spacial score (nSPS) is 11.7. The highest BCUT2D eigenvalue weighted by atomic mass is 19.2. The van der Waals surface area contributed by atoms with E-state index in [1.54, 1.807) is 12.1 Å². The van der Waals surface area contributed by atoms with Crippen molar-refractivity contribution in [2.24, 2.45) is 0 Å². The molecule has 0 aromatic heterocycles. The molecule has 0 bridgehead atoms. The van der Waals surface area contributed by atoms with E-state index in [-0.39, 0.29) is 11.1 Å². The third-order valence-electron chi connectivity index (χ3n) is 3.49. The molecular formula is C19H17F2N. The number of unbranched alkanes of at least 4 members (excludes halogenated alkanes) is 1. The second kappa shape index (κ2) is 7.51. The monoisotopic (exact) mass is 297 g/mol. The van der Waals surface area contributed by atoms with Crippen LogP contribution in [0.15, 0.2) is 48.5 Å². The lowest BCUT2D eigenvalue weighted by atomic mass is 10.0. The molecule has 2 rings (SSSR count). The van der Waals surface area contributed by atoms with Gasteiger partial charge in [-0.1, -0.05) is 49.7 Å². The van der Waals surface area contributed by atoms with Crippen molar-refractivity contribution in [2.75, 3.05) is 0 Å². The fraction of sp³-hybridized carbons (Fsp3) is 0.211. The quantitative estimate of drug-likeness (QED) is 0.653. The number of hydrogen-bond donors (Lipinski definition) is 0. The molecule has 0 unspecified atom stereocenters. The Morgan fingerprint density at radius 3 is 1.86 bits per heavy atom. The first-order valence-electron chi connectivity index (χ1n) is 7.30. The molecule has 22 heavy (non-hydrogen) atoms. The van der Waals surface area contributed by atoms with Gasteiger partial charge < -0.3 is 0 Å². The lowest BCUT2D eigenvalue weighted by molar-refractivity contribution is 0.700. The summed E-state index contributed by atoms with van der Waals surface area (Å²) in [6, 6.07) is 14.6. The molecule has 1 nitrogen and oxygen atoms in total. The van der Waals surface area contributed by atoms with Crippen LogP contribution in [0.3, 0.4) is 0 Å². The number of aryl methyl sites for hydroxylation is 1. The zero-order valence-corrected chi connectivity index (χ0v) is 12.4. The van der Waals surface area contributed by atoms with Gasteiger partial charge in [-0.3, -0.25) is 0 Å². The van der Waals surface area contributed by atoms with Gasteiger partial charge in [-0.25, -0.2) is 8.78 Å². The molecule has 0 aliphatic rings. The molecule has 112 valence electrons. The average Bonchev–Trinajstić information content (AvgIpc) is 2.59. The zero-order chi connectivity index (χ0) is 15.9. The van der Waals surface area contributed by atoms with Gasteiger partial charge in [0, 0.05) is 11.1 Å². The Labute approximate surface area is 129 Å². The van der Waals surface area contributed by atoms with E-state index in [0.717, 1.165) is 24.8 Å². The first-order chi connectivity index (χ1) is 10.7. The molecule has 0 aliphatic carbocycles. The minimum atomic E-state index is -0.911. The third kappa shape index (κ3) is 3.79. The van der Waals surface area contributed by atoms with Gasteiger partial charge >= 0.3 is 0 Å². The lowest BCUT2D eigenvalue weighted by Crippen LogP contribution is -1.88. The number of benzene rings is 2. The van der Waals surface area contributed by atoms with Gasteiger partial charge in [0.25, 0.3) is 0 Å². The van der Waals surface area contributed by atoms with Gasteiger partial charge in [-0.05, 0) is 30.5 Å². The molecule has 0 saturated heterocycles. The van der Waals surface area contributed by atoms with E-state index in [4.69, 9.17) is 5.26 Å². The summed E-state index contributed by atoms with van der Waals surface area (Å²) in [5.74, 6) is -1.79. The number of nitrogens with zero attached hydrogens (tertiary/aromatic N) is 1. The number of hydrogen-bond acceptors (Lipinski definition) is 1. The van der Waals surface area contributed by atoms with Gasteiger partial charge in [-0.15, -0.1) is 0 Å².